The molecule has 0 aliphatic carbocycles. The van der Waals surface area contributed by atoms with E-state index in [1.165, 1.54) is 5.56 Å². The highest BCUT2D eigenvalue weighted by Crippen LogP contribution is 2.13. The minimum atomic E-state index is 0.804. The van der Waals surface area contributed by atoms with Crippen molar-refractivity contribution in [3.8, 4) is 0 Å². The van der Waals surface area contributed by atoms with Gasteiger partial charge < -0.3 is 0 Å². The number of halogens is 1. The Morgan fingerprint density at radius 1 is 1.70 bits per heavy atom. The zero-order valence-corrected chi connectivity index (χ0v) is 7.48. The summed E-state index contributed by atoms with van der Waals surface area (Å²) in [6, 6.07) is 2.05. The molecule has 2 heteroatoms. The van der Waals surface area contributed by atoms with Crippen molar-refractivity contribution in [3.05, 3.63) is 34.9 Å². The zero-order chi connectivity index (χ0) is 7.56. The third-order valence-electron chi connectivity index (χ3n) is 1.43. The fourth-order valence-electron chi connectivity index (χ4n) is 0.803. The van der Waals surface area contributed by atoms with Crippen molar-refractivity contribution in [2.45, 2.75) is 13.3 Å². The van der Waals surface area contributed by atoms with Gasteiger partial charge in [0.1, 0.15) is 0 Å². The van der Waals surface area contributed by atoms with Gasteiger partial charge in [-0.2, -0.15) is 0 Å². The molecule has 0 aliphatic heterocycles. The van der Waals surface area contributed by atoms with Gasteiger partial charge in [-0.1, -0.05) is 0 Å². The molecule has 1 nitrogen and oxygen atoms in total. The van der Waals surface area contributed by atoms with E-state index < -0.39 is 0 Å². The molecule has 0 aromatic carbocycles. The van der Waals surface area contributed by atoms with Gasteiger partial charge in [0.2, 0.25) is 0 Å². The van der Waals surface area contributed by atoms with E-state index >= 15 is 0 Å². The van der Waals surface area contributed by atoms with Crippen LogP contribution in [0.5, 0.6) is 0 Å². The van der Waals surface area contributed by atoms with Crippen LogP contribution in [0.2, 0.25) is 0 Å². The van der Waals surface area contributed by atoms with E-state index in [1.54, 1.807) is 6.20 Å². The van der Waals surface area contributed by atoms with Crippen LogP contribution in [0.25, 0.3) is 0 Å². The highest BCUT2D eigenvalue weighted by molar-refractivity contribution is 9.10. The largest absolute Gasteiger partial charge is 0.260 e. The molecule has 0 bridgehead atoms. The molecule has 1 rings (SSSR count). The molecule has 0 fully saturated rings. The Labute approximate surface area is 69.6 Å². The Morgan fingerprint density at radius 3 is 2.90 bits per heavy atom. The normalized spacial score (nSPS) is 9.90. The molecule has 1 heterocycles. The van der Waals surface area contributed by atoms with E-state index in [0.717, 1.165) is 16.6 Å². The fraction of sp³-hybridized carbons (Fsp3) is 0.250. The first-order valence-electron chi connectivity index (χ1n) is 3.14. The summed E-state index contributed by atoms with van der Waals surface area (Å²) >= 11 is 3.35. The summed E-state index contributed by atoms with van der Waals surface area (Å²) in [6.07, 6.45) is 2.60. The maximum absolute atomic E-state index is 4.16. The Kier molecular flexibility index (Phi) is 2.44. The number of hydrogen-bond donors (Lipinski definition) is 0. The van der Waals surface area contributed by atoms with Crippen molar-refractivity contribution in [1.29, 1.82) is 0 Å². The molecule has 0 amide bonds. The van der Waals surface area contributed by atoms with Gasteiger partial charge >= 0.3 is 0 Å². The lowest BCUT2D eigenvalue weighted by molar-refractivity contribution is 1.09. The van der Waals surface area contributed by atoms with Crippen LogP contribution in [0, 0.1) is 13.8 Å². The first-order valence-corrected chi connectivity index (χ1v) is 3.93. The minimum Gasteiger partial charge on any atom is -0.260 e. The van der Waals surface area contributed by atoms with Crippen molar-refractivity contribution < 1.29 is 0 Å². The number of pyridine rings is 1. The van der Waals surface area contributed by atoms with Crippen LogP contribution < -0.4 is 0 Å². The summed E-state index contributed by atoms with van der Waals surface area (Å²) in [7, 11) is 0. The highest BCUT2D eigenvalue weighted by Gasteiger charge is 1.96. The first kappa shape index (κ1) is 7.73. The number of aryl methyl sites for hydroxylation is 1. The molecule has 0 saturated heterocycles. The lowest BCUT2D eigenvalue weighted by atomic mass is 10.2. The Hall–Kier alpha value is -0.370. The molecule has 0 atom stereocenters. The molecule has 0 spiro atoms. The smallest absolute Gasteiger partial charge is 0.0413 e. The summed E-state index contributed by atoms with van der Waals surface area (Å²) < 4.78 is 1.02. The van der Waals surface area contributed by atoms with Gasteiger partial charge in [-0.05, 0) is 47.8 Å². The summed E-state index contributed by atoms with van der Waals surface area (Å²) in [4.78, 5) is 4.16. The van der Waals surface area contributed by atoms with Crippen LogP contribution in [0.3, 0.4) is 0 Å². The summed E-state index contributed by atoms with van der Waals surface area (Å²) in [6.45, 7) is 5.79. The topological polar surface area (TPSA) is 12.9 Å². The SMILES string of the molecule is [CH2]Cc1cc(Br)cnc1C. The molecular formula is C8H9BrN. The molecular weight excluding hydrogens is 190 g/mol. The highest BCUT2D eigenvalue weighted by atomic mass is 79.9. The Morgan fingerprint density at radius 2 is 2.40 bits per heavy atom. The third-order valence-corrected chi connectivity index (χ3v) is 1.86. The van der Waals surface area contributed by atoms with E-state index in [1.807, 2.05) is 6.92 Å². The van der Waals surface area contributed by atoms with Crippen LogP contribution in [-0.2, 0) is 6.42 Å². The molecule has 53 valence electrons. The second-order valence-corrected chi connectivity index (χ2v) is 3.06. The molecule has 1 aromatic rings. The number of nitrogens with zero attached hydrogens (tertiary/aromatic N) is 1. The molecule has 1 radical (unpaired) electrons. The molecule has 0 N–H and O–H groups in total. The average molecular weight is 199 g/mol. The lowest BCUT2D eigenvalue weighted by Crippen LogP contribution is -1.89. The van der Waals surface area contributed by atoms with Gasteiger partial charge in [0.05, 0.1) is 0 Å². The number of rotatable bonds is 1. The quantitative estimate of drug-likeness (QED) is 0.677. The van der Waals surface area contributed by atoms with Gasteiger partial charge in [-0.25, -0.2) is 0 Å². The summed E-state index contributed by atoms with van der Waals surface area (Å²) in [5.74, 6) is 0. The fourth-order valence-corrected chi connectivity index (χ4v) is 1.18. The van der Waals surface area contributed by atoms with E-state index in [-0.39, 0.29) is 0 Å². The van der Waals surface area contributed by atoms with Crippen LogP contribution in [0.15, 0.2) is 16.7 Å². The van der Waals surface area contributed by atoms with Gasteiger partial charge in [-0.3, -0.25) is 4.98 Å². The average Bonchev–Trinajstić information content (AvgIpc) is 1.94. The van der Waals surface area contributed by atoms with Crippen LogP contribution in [-0.4, -0.2) is 4.98 Å². The molecule has 0 saturated carbocycles. The van der Waals surface area contributed by atoms with E-state index in [9.17, 15) is 0 Å². The monoisotopic (exact) mass is 198 g/mol. The number of aromatic nitrogens is 1. The van der Waals surface area contributed by atoms with Crippen LogP contribution >= 0.6 is 15.9 Å². The molecule has 0 unspecified atom stereocenters. The van der Waals surface area contributed by atoms with Crippen LogP contribution in [0.1, 0.15) is 11.3 Å². The van der Waals surface area contributed by atoms with Crippen molar-refractivity contribution >= 4 is 15.9 Å². The second kappa shape index (κ2) is 3.15. The minimum absolute atomic E-state index is 0.804. The van der Waals surface area contributed by atoms with Crippen LogP contribution in [0.4, 0.5) is 0 Å². The summed E-state index contributed by atoms with van der Waals surface area (Å²) in [5.41, 5.74) is 2.27. The molecule has 1 aromatic heterocycles. The standard InChI is InChI=1S/C8H9BrN/c1-3-7-4-8(9)5-10-6(7)2/h4-5H,1,3H2,2H3. The van der Waals surface area contributed by atoms with Gasteiger partial charge in [-0.15, -0.1) is 0 Å². The maximum Gasteiger partial charge on any atom is 0.0413 e. The molecule has 10 heavy (non-hydrogen) atoms. The van der Waals surface area contributed by atoms with Crippen molar-refractivity contribution in [3.63, 3.8) is 0 Å². The Balaban J connectivity index is 3.09. The first-order chi connectivity index (χ1) is 4.74. The zero-order valence-electron chi connectivity index (χ0n) is 5.89. The van der Waals surface area contributed by atoms with E-state index in [2.05, 4.69) is 33.9 Å². The van der Waals surface area contributed by atoms with Gasteiger partial charge in [0, 0.05) is 16.4 Å². The summed E-state index contributed by atoms with van der Waals surface area (Å²) in [5, 5.41) is 0. The predicted octanol–water partition coefficient (Wildman–Crippen LogP) is 2.53. The van der Waals surface area contributed by atoms with E-state index in [4.69, 9.17) is 0 Å². The second-order valence-electron chi connectivity index (χ2n) is 2.15. The van der Waals surface area contributed by atoms with Crippen molar-refractivity contribution in [2.24, 2.45) is 0 Å². The van der Waals surface area contributed by atoms with Crippen molar-refractivity contribution in [1.82, 2.24) is 4.98 Å². The number of hydrogen-bond acceptors (Lipinski definition) is 1. The van der Waals surface area contributed by atoms with Gasteiger partial charge in [0.25, 0.3) is 0 Å². The van der Waals surface area contributed by atoms with E-state index in [0.29, 0.717) is 0 Å². The predicted molar refractivity (Wildman–Crippen MR) is 45.7 cm³/mol. The maximum atomic E-state index is 4.16. The van der Waals surface area contributed by atoms with Crippen molar-refractivity contribution in [2.75, 3.05) is 0 Å². The Bertz CT molecular complexity index is 233. The third kappa shape index (κ3) is 1.57. The van der Waals surface area contributed by atoms with Gasteiger partial charge in [0.15, 0.2) is 0 Å². The lowest BCUT2D eigenvalue weighted by Gasteiger charge is -2.00. The molecule has 0 aliphatic rings.